The van der Waals surface area contributed by atoms with Crippen LogP contribution in [0.1, 0.15) is 30.1 Å². The molecule has 0 radical (unpaired) electrons. The molecule has 2 rings (SSSR count). The van der Waals surface area contributed by atoms with Gasteiger partial charge in [-0.1, -0.05) is 0 Å². The summed E-state index contributed by atoms with van der Waals surface area (Å²) in [5, 5.41) is 2.91. The zero-order valence-electron chi connectivity index (χ0n) is 11.2. The summed E-state index contributed by atoms with van der Waals surface area (Å²) >= 11 is 1.56. The first kappa shape index (κ1) is 13.7. The molecule has 0 spiro atoms. The lowest BCUT2D eigenvalue weighted by atomic mass is 9.90. The van der Waals surface area contributed by atoms with Gasteiger partial charge < -0.3 is 4.74 Å². The lowest BCUT2D eigenvalue weighted by Gasteiger charge is -2.18. The second-order valence-corrected chi connectivity index (χ2v) is 5.72. The standard InChI is InChI=1S/C14H16N2O2S/c1-14(2,13(17)18-3)11-9-19-12(16-11)8-10-4-6-15-7-5-10/h4-7,9H,8H2,1-3H3. The number of esters is 1. The Morgan fingerprint density at radius 1 is 1.37 bits per heavy atom. The molecule has 0 saturated heterocycles. The van der Waals surface area contributed by atoms with E-state index in [1.54, 1.807) is 23.7 Å². The zero-order chi connectivity index (χ0) is 13.9. The summed E-state index contributed by atoms with van der Waals surface area (Å²) < 4.78 is 4.81. The fourth-order valence-corrected chi connectivity index (χ4v) is 2.71. The number of carbonyl (C=O) groups is 1. The third-order valence-electron chi connectivity index (χ3n) is 2.99. The highest BCUT2D eigenvalue weighted by molar-refractivity contribution is 7.09. The van der Waals surface area contributed by atoms with Gasteiger partial charge in [0.15, 0.2) is 0 Å². The van der Waals surface area contributed by atoms with Crippen molar-refractivity contribution in [3.05, 3.63) is 46.2 Å². The summed E-state index contributed by atoms with van der Waals surface area (Å²) in [6, 6.07) is 3.93. The summed E-state index contributed by atoms with van der Waals surface area (Å²) in [5.41, 5.74) is 1.21. The van der Waals surface area contributed by atoms with Crippen LogP contribution in [0.2, 0.25) is 0 Å². The number of aromatic nitrogens is 2. The van der Waals surface area contributed by atoms with Crippen LogP contribution in [0, 0.1) is 0 Å². The van der Waals surface area contributed by atoms with Crippen LogP contribution in [0.5, 0.6) is 0 Å². The normalized spacial score (nSPS) is 11.3. The van der Waals surface area contributed by atoms with Gasteiger partial charge in [0.05, 0.1) is 17.8 Å². The van der Waals surface area contributed by atoms with Gasteiger partial charge in [0, 0.05) is 24.2 Å². The van der Waals surface area contributed by atoms with Crippen molar-refractivity contribution < 1.29 is 9.53 Å². The van der Waals surface area contributed by atoms with Gasteiger partial charge in [0.25, 0.3) is 0 Å². The van der Waals surface area contributed by atoms with Crippen molar-refractivity contribution in [1.82, 2.24) is 9.97 Å². The predicted octanol–water partition coefficient (Wildman–Crippen LogP) is 2.58. The van der Waals surface area contributed by atoms with E-state index in [0.29, 0.717) is 0 Å². The van der Waals surface area contributed by atoms with Crippen LogP contribution in [0.25, 0.3) is 0 Å². The van der Waals surface area contributed by atoms with Crippen LogP contribution >= 0.6 is 11.3 Å². The Kier molecular flexibility index (Phi) is 3.95. The molecule has 0 aromatic carbocycles. The first-order valence-electron chi connectivity index (χ1n) is 5.96. The third-order valence-corrected chi connectivity index (χ3v) is 3.84. The van der Waals surface area contributed by atoms with Crippen molar-refractivity contribution in [2.24, 2.45) is 0 Å². The lowest BCUT2D eigenvalue weighted by Crippen LogP contribution is -2.30. The van der Waals surface area contributed by atoms with Gasteiger partial charge in [-0.2, -0.15) is 0 Å². The number of rotatable bonds is 4. The van der Waals surface area contributed by atoms with Gasteiger partial charge in [-0.15, -0.1) is 11.3 Å². The van der Waals surface area contributed by atoms with Gasteiger partial charge in [-0.05, 0) is 31.5 Å². The molecule has 0 aliphatic rings. The minimum absolute atomic E-state index is 0.270. The van der Waals surface area contributed by atoms with Crippen molar-refractivity contribution in [1.29, 1.82) is 0 Å². The fraction of sp³-hybridized carbons (Fsp3) is 0.357. The molecular formula is C14H16N2O2S. The molecule has 0 atom stereocenters. The summed E-state index contributed by atoms with van der Waals surface area (Å²) in [4.78, 5) is 20.3. The molecule has 2 aromatic rings. The zero-order valence-corrected chi connectivity index (χ0v) is 12.0. The summed E-state index contributed by atoms with van der Waals surface area (Å²) in [6.45, 7) is 3.65. The number of carbonyl (C=O) groups excluding carboxylic acids is 1. The minimum atomic E-state index is -0.707. The van der Waals surface area contributed by atoms with E-state index >= 15 is 0 Å². The number of hydrogen-bond donors (Lipinski definition) is 0. The van der Waals surface area contributed by atoms with Gasteiger partial charge >= 0.3 is 5.97 Å². The van der Waals surface area contributed by atoms with E-state index in [1.165, 1.54) is 7.11 Å². The second kappa shape index (κ2) is 5.48. The number of thiazole rings is 1. The smallest absolute Gasteiger partial charge is 0.317 e. The van der Waals surface area contributed by atoms with Gasteiger partial charge in [-0.3, -0.25) is 9.78 Å². The molecule has 0 fully saturated rings. The molecule has 0 saturated carbocycles. The maximum Gasteiger partial charge on any atom is 0.317 e. The van der Waals surface area contributed by atoms with E-state index < -0.39 is 5.41 Å². The Balaban J connectivity index is 2.18. The molecule has 2 aromatic heterocycles. The Labute approximate surface area is 116 Å². The van der Waals surface area contributed by atoms with E-state index in [2.05, 4.69) is 9.97 Å². The van der Waals surface area contributed by atoms with Crippen LogP contribution in [0.4, 0.5) is 0 Å². The number of pyridine rings is 1. The molecule has 4 nitrogen and oxygen atoms in total. The molecule has 0 N–H and O–H groups in total. The van der Waals surface area contributed by atoms with Crippen LogP contribution in [-0.2, 0) is 21.4 Å². The topological polar surface area (TPSA) is 52.1 Å². The van der Waals surface area contributed by atoms with Crippen molar-refractivity contribution >= 4 is 17.3 Å². The van der Waals surface area contributed by atoms with Gasteiger partial charge in [-0.25, -0.2) is 4.98 Å². The van der Waals surface area contributed by atoms with Crippen LogP contribution in [-0.4, -0.2) is 23.0 Å². The van der Waals surface area contributed by atoms with E-state index in [4.69, 9.17) is 4.74 Å². The number of nitrogens with zero attached hydrogens (tertiary/aromatic N) is 2. The minimum Gasteiger partial charge on any atom is -0.468 e. The predicted molar refractivity (Wildman–Crippen MR) is 74.2 cm³/mol. The van der Waals surface area contributed by atoms with Gasteiger partial charge in [0.1, 0.15) is 5.41 Å². The number of methoxy groups -OCH3 is 1. The first-order valence-corrected chi connectivity index (χ1v) is 6.84. The van der Waals surface area contributed by atoms with Crippen molar-refractivity contribution in [3.63, 3.8) is 0 Å². The number of ether oxygens (including phenoxy) is 1. The highest BCUT2D eigenvalue weighted by atomic mass is 32.1. The van der Waals surface area contributed by atoms with E-state index in [0.717, 1.165) is 22.7 Å². The van der Waals surface area contributed by atoms with E-state index in [1.807, 2.05) is 31.4 Å². The lowest BCUT2D eigenvalue weighted by molar-refractivity contribution is -0.146. The van der Waals surface area contributed by atoms with Crippen LogP contribution in [0.15, 0.2) is 29.9 Å². The average molecular weight is 276 g/mol. The van der Waals surface area contributed by atoms with E-state index in [9.17, 15) is 4.79 Å². The molecule has 0 aliphatic heterocycles. The molecule has 100 valence electrons. The molecule has 2 heterocycles. The van der Waals surface area contributed by atoms with Gasteiger partial charge in [0.2, 0.25) is 0 Å². The molecule has 19 heavy (non-hydrogen) atoms. The molecule has 5 heteroatoms. The summed E-state index contributed by atoms with van der Waals surface area (Å²) in [7, 11) is 1.40. The molecule has 0 unspecified atom stereocenters. The quantitative estimate of drug-likeness (QED) is 0.805. The fourth-order valence-electron chi connectivity index (χ4n) is 1.71. The maximum atomic E-state index is 11.7. The number of hydrogen-bond acceptors (Lipinski definition) is 5. The Morgan fingerprint density at radius 3 is 2.68 bits per heavy atom. The summed E-state index contributed by atoms with van der Waals surface area (Å²) in [5.74, 6) is -0.270. The van der Waals surface area contributed by atoms with Crippen molar-refractivity contribution in [3.8, 4) is 0 Å². The molecule has 0 amide bonds. The third kappa shape index (κ3) is 2.98. The Hall–Kier alpha value is -1.75. The Bertz CT molecular complexity index is 564. The first-order chi connectivity index (χ1) is 9.04. The van der Waals surface area contributed by atoms with E-state index in [-0.39, 0.29) is 5.97 Å². The average Bonchev–Trinajstić information content (AvgIpc) is 2.88. The Morgan fingerprint density at radius 2 is 2.05 bits per heavy atom. The highest BCUT2D eigenvalue weighted by Gasteiger charge is 2.33. The summed E-state index contributed by atoms with van der Waals surface area (Å²) in [6.07, 6.45) is 4.29. The maximum absolute atomic E-state index is 11.7. The van der Waals surface area contributed by atoms with Crippen molar-refractivity contribution in [2.75, 3.05) is 7.11 Å². The molecule has 0 aliphatic carbocycles. The monoisotopic (exact) mass is 276 g/mol. The second-order valence-electron chi connectivity index (χ2n) is 4.78. The largest absolute Gasteiger partial charge is 0.468 e. The SMILES string of the molecule is COC(=O)C(C)(C)c1csc(Cc2ccncc2)n1. The van der Waals surface area contributed by atoms with Crippen molar-refractivity contribution in [2.45, 2.75) is 25.7 Å². The van der Waals surface area contributed by atoms with Crippen LogP contribution < -0.4 is 0 Å². The molecule has 0 bridgehead atoms. The van der Waals surface area contributed by atoms with Crippen LogP contribution in [0.3, 0.4) is 0 Å². The molecular weight excluding hydrogens is 260 g/mol. The highest BCUT2D eigenvalue weighted by Crippen LogP contribution is 2.27.